The van der Waals surface area contributed by atoms with Gasteiger partial charge < -0.3 is 35.3 Å². The second kappa shape index (κ2) is 17.2. The lowest BCUT2D eigenvalue weighted by atomic mass is 9.87. The lowest BCUT2D eigenvalue weighted by molar-refractivity contribution is -0.120. The van der Waals surface area contributed by atoms with Crippen LogP contribution in [0.3, 0.4) is 0 Å². The Bertz CT molecular complexity index is 3030. The molecule has 3 fully saturated rings. The highest BCUT2D eigenvalue weighted by atomic mass is 19.2. The molecular weight excluding hydrogens is 859 g/mol. The highest BCUT2D eigenvalue weighted by molar-refractivity contribution is 6.08. The number of amides is 3. The standard InChI is InChI=1S/C26H25F2N5O2.C22H20F2N4O3/c1-13-25(14(2)35-31-13)15-3-6-22-21(9-15)30-26(33(22)18-10-16(29)11-18)23-7-8-24(34)32(23)17-4-5-19(27)20(28)12-17;1-11-21(12(2)31-27-11)13-3-6-17(25)18(9-13)26-22(30)19-7-8-20(29)28(19)14-4-5-15(23)16(24)10-14/h3-6,9,12,16,18,23H,7-8,10-11,29H2,1-2H3;3-6,9-10,19H,7-8,25H2,1-2H3,(H,26,30)/t16?,18?,23-;19-/m00/s1. The Balaban J connectivity index is 0.000000167. The van der Waals surface area contributed by atoms with E-state index in [0.717, 1.165) is 87.7 Å². The number of nitrogen functional groups attached to an aromatic ring is 1. The average molecular weight is 904 g/mol. The molecule has 2 aliphatic heterocycles. The van der Waals surface area contributed by atoms with Crippen LogP contribution < -0.4 is 26.6 Å². The summed E-state index contributed by atoms with van der Waals surface area (Å²) in [6.07, 6.45) is 2.84. The minimum absolute atomic E-state index is 0.117. The van der Waals surface area contributed by atoms with E-state index in [4.69, 9.17) is 25.5 Å². The quantitative estimate of drug-likeness (QED) is 0.0979. The van der Waals surface area contributed by atoms with Crippen LogP contribution in [0.25, 0.3) is 33.3 Å². The van der Waals surface area contributed by atoms with Gasteiger partial charge in [0.05, 0.1) is 39.8 Å². The Labute approximate surface area is 375 Å². The number of carbonyl (C=O) groups excluding carboxylic acids is 3. The van der Waals surface area contributed by atoms with E-state index in [1.54, 1.807) is 30.0 Å². The number of carbonyl (C=O) groups is 3. The summed E-state index contributed by atoms with van der Waals surface area (Å²) in [4.78, 5) is 46.1. The number of aryl methyl sites for hydroxylation is 4. The Morgan fingerprint density at radius 3 is 1.85 bits per heavy atom. The van der Waals surface area contributed by atoms with Crippen LogP contribution in [0.15, 0.2) is 81.8 Å². The normalized spacial score (nSPS) is 19.3. The van der Waals surface area contributed by atoms with Crippen LogP contribution in [0.4, 0.5) is 40.3 Å². The van der Waals surface area contributed by atoms with Crippen molar-refractivity contribution in [3.8, 4) is 22.3 Å². The van der Waals surface area contributed by atoms with Gasteiger partial charge in [-0.15, -0.1) is 0 Å². The molecule has 0 unspecified atom stereocenters. The summed E-state index contributed by atoms with van der Waals surface area (Å²) in [6.45, 7) is 7.38. The first-order chi connectivity index (χ1) is 31.6. The van der Waals surface area contributed by atoms with Crippen molar-refractivity contribution >= 4 is 51.5 Å². The zero-order valence-electron chi connectivity index (χ0n) is 36.4. The number of rotatable bonds is 8. The van der Waals surface area contributed by atoms with Crippen LogP contribution in [0.1, 0.15) is 79.3 Å². The van der Waals surface area contributed by atoms with E-state index in [0.29, 0.717) is 41.4 Å². The molecule has 10 rings (SSSR count). The fraction of sp³-hybridized carbons (Fsp3) is 0.292. The van der Waals surface area contributed by atoms with Crippen molar-refractivity contribution in [3.05, 3.63) is 125 Å². The van der Waals surface area contributed by atoms with Crippen LogP contribution in [-0.2, 0) is 14.4 Å². The van der Waals surface area contributed by atoms with Crippen molar-refractivity contribution in [2.24, 2.45) is 5.73 Å². The van der Waals surface area contributed by atoms with E-state index in [9.17, 15) is 31.9 Å². The zero-order valence-corrected chi connectivity index (χ0v) is 36.4. The number of nitrogens with two attached hydrogens (primary N) is 2. The first-order valence-corrected chi connectivity index (χ1v) is 21.5. The van der Waals surface area contributed by atoms with Gasteiger partial charge in [0.1, 0.15) is 23.4 Å². The fourth-order valence-electron chi connectivity index (χ4n) is 9.34. The van der Waals surface area contributed by atoms with Gasteiger partial charge in [-0.25, -0.2) is 22.5 Å². The molecule has 5 heterocycles. The van der Waals surface area contributed by atoms with Crippen LogP contribution in [0.5, 0.6) is 0 Å². The smallest absolute Gasteiger partial charge is 0.247 e. The molecule has 5 N–H and O–H groups in total. The van der Waals surface area contributed by atoms with Crippen molar-refractivity contribution in [2.75, 3.05) is 20.9 Å². The van der Waals surface area contributed by atoms with Crippen LogP contribution in [0, 0.1) is 51.0 Å². The third kappa shape index (κ3) is 7.94. The summed E-state index contributed by atoms with van der Waals surface area (Å²) >= 11 is 0. The third-order valence-electron chi connectivity index (χ3n) is 12.6. The average Bonchev–Trinajstić information content (AvgIpc) is 4.10. The number of nitrogens with one attached hydrogen (secondary N) is 1. The molecule has 0 spiro atoms. The molecule has 340 valence electrons. The Kier molecular flexibility index (Phi) is 11.5. The Morgan fingerprint density at radius 1 is 0.712 bits per heavy atom. The second-order valence-electron chi connectivity index (χ2n) is 17.0. The van der Waals surface area contributed by atoms with Crippen molar-refractivity contribution in [2.45, 2.75) is 90.4 Å². The second-order valence-corrected chi connectivity index (χ2v) is 17.0. The number of benzene rings is 4. The minimum atomic E-state index is -1.09. The van der Waals surface area contributed by atoms with Crippen LogP contribution in [-0.4, -0.2) is 49.7 Å². The van der Waals surface area contributed by atoms with Gasteiger partial charge in [-0.2, -0.15) is 0 Å². The van der Waals surface area contributed by atoms with Gasteiger partial charge in [0.25, 0.3) is 0 Å². The summed E-state index contributed by atoms with van der Waals surface area (Å²) in [5.74, 6) is -2.90. The molecule has 2 atom stereocenters. The lowest BCUT2D eigenvalue weighted by Gasteiger charge is -2.36. The molecular formula is C48H45F4N9O5. The van der Waals surface area contributed by atoms with E-state index in [2.05, 4.69) is 20.2 Å². The van der Waals surface area contributed by atoms with E-state index < -0.39 is 35.2 Å². The van der Waals surface area contributed by atoms with Gasteiger partial charge in [0.2, 0.25) is 17.7 Å². The zero-order chi connectivity index (χ0) is 46.7. The molecule has 0 bridgehead atoms. The number of nitrogens with zero attached hydrogens (tertiary/aromatic N) is 6. The van der Waals surface area contributed by atoms with Crippen molar-refractivity contribution < 1.29 is 41.0 Å². The topological polar surface area (TPSA) is 192 Å². The molecule has 3 amide bonds. The van der Waals surface area contributed by atoms with E-state index in [-0.39, 0.29) is 48.5 Å². The number of hydrogen-bond acceptors (Lipinski definition) is 10. The number of halogens is 4. The number of anilines is 4. The van der Waals surface area contributed by atoms with Gasteiger partial charge in [-0.1, -0.05) is 22.4 Å². The fourth-order valence-corrected chi connectivity index (χ4v) is 9.34. The molecule has 18 heteroatoms. The van der Waals surface area contributed by atoms with E-state index in [1.165, 1.54) is 17.0 Å². The monoisotopic (exact) mass is 903 g/mol. The SMILES string of the molecule is Cc1noc(C)c1-c1ccc(N)c(NC(=O)[C@@H]2CCC(=O)N2c2ccc(F)c(F)c2)c1.Cc1noc(C)c1-c1ccc2c(c1)nc([C@@H]1CCC(=O)N1c1ccc(F)c(F)c1)n2C1CC(N)C1. The van der Waals surface area contributed by atoms with Crippen molar-refractivity contribution in [1.29, 1.82) is 0 Å². The van der Waals surface area contributed by atoms with Gasteiger partial charge in [0, 0.05) is 59.6 Å². The maximum absolute atomic E-state index is 14.1. The molecule has 0 radical (unpaired) electrons. The molecule has 7 aromatic rings. The molecule has 1 saturated carbocycles. The molecule has 3 aliphatic rings. The van der Waals surface area contributed by atoms with E-state index in [1.807, 2.05) is 39.0 Å². The Hall–Kier alpha value is -7.34. The molecule has 2 saturated heterocycles. The molecule has 3 aromatic heterocycles. The predicted molar refractivity (Wildman–Crippen MR) is 238 cm³/mol. The van der Waals surface area contributed by atoms with Crippen molar-refractivity contribution in [1.82, 2.24) is 19.9 Å². The summed E-state index contributed by atoms with van der Waals surface area (Å²) < 4.78 is 67.4. The summed E-state index contributed by atoms with van der Waals surface area (Å²) in [7, 11) is 0. The maximum atomic E-state index is 14.1. The summed E-state index contributed by atoms with van der Waals surface area (Å²) in [5.41, 5.74) is 20.0. The minimum Gasteiger partial charge on any atom is -0.397 e. The van der Waals surface area contributed by atoms with Crippen molar-refractivity contribution in [3.63, 3.8) is 0 Å². The largest absolute Gasteiger partial charge is 0.397 e. The van der Waals surface area contributed by atoms with Crippen LogP contribution >= 0.6 is 0 Å². The maximum Gasteiger partial charge on any atom is 0.247 e. The first kappa shape index (κ1) is 43.9. The number of aromatic nitrogens is 4. The van der Waals surface area contributed by atoms with Gasteiger partial charge >= 0.3 is 0 Å². The predicted octanol–water partition coefficient (Wildman–Crippen LogP) is 9.07. The summed E-state index contributed by atoms with van der Waals surface area (Å²) in [5, 5.41) is 10.8. The van der Waals surface area contributed by atoms with Crippen LogP contribution in [0.2, 0.25) is 0 Å². The number of hydrogen-bond donors (Lipinski definition) is 3. The van der Waals surface area contributed by atoms with Gasteiger partial charge in [-0.05, 0) is 113 Å². The van der Waals surface area contributed by atoms with E-state index >= 15 is 0 Å². The Morgan fingerprint density at radius 2 is 1.27 bits per heavy atom. The molecule has 14 nitrogen and oxygen atoms in total. The lowest BCUT2D eigenvalue weighted by Crippen LogP contribution is -2.42. The third-order valence-corrected chi connectivity index (χ3v) is 12.6. The first-order valence-electron chi connectivity index (χ1n) is 21.5. The highest BCUT2D eigenvalue weighted by Gasteiger charge is 2.41. The molecule has 66 heavy (non-hydrogen) atoms. The molecule has 4 aromatic carbocycles. The molecule has 1 aliphatic carbocycles. The van der Waals surface area contributed by atoms with Gasteiger partial charge in [-0.3, -0.25) is 19.3 Å². The number of fused-ring (bicyclic) bond motifs is 1. The van der Waals surface area contributed by atoms with Gasteiger partial charge in [0.15, 0.2) is 23.3 Å². The summed E-state index contributed by atoms with van der Waals surface area (Å²) in [6, 6.07) is 16.9. The highest BCUT2D eigenvalue weighted by Crippen LogP contribution is 2.44. The number of imidazole rings is 1.